The van der Waals surface area contributed by atoms with Crippen LogP contribution in [0.2, 0.25) is 0 Å². The van der Waals surface area contributed by atoms with E-state index < -0.39 is 29.3 Å². The van der Waals surface area contributed by atoms with Crippen molar-refractivity contribution in [1.82, 2.24) is 4.72 Å². The van der Waals surface area contributed by atoms with E-state index in [0.29, 0.717) is 5.56 Å². The first-order valence-corrected chi connectivity index (χ1v) is 6.29. The third-order valence-corrected chi connectivity index (χ3v) is 3.83. The van der Waals surface area contributed by atoms with E-state index >= 15 is 0 Å². The summed E-state index contributed by atoms with van der Waals surface area (Å²) < 4.78 is 25.9. The van der Waals surface area contributed by atoms with Crippen LogP contribution in [0.25, 0.3) is 0 Å². The summed E-state index contributed by atoms with van der Waals surface area (Å²) in [6.07, 6.45) is 0. The summed E-state index contributed by atoms with van der Waals surface area (Å²) in [5.74, 6) is 0. The summed E-state index contributed by atoms with van der Waals surface area (Å²) in [6.45, 7) is 0.796. The molecule has 90 valence electrons. The highest BCUT2D eigenvalue weighted by molar-refractivity contribution is 7.89. The van der Waals surface area contributed by atoms with Gasteiger partial charge in [-0.15, -0.1) is 0 Å². The molecular weight excluding hydrogens is 230 g/mol. The van der Waals surface area contributed by atoms with Crippen molar-refractivity contribution in [3.05, 3.63) is 29.8 Å². The molecule has 0 spiro atoms. The maximum absolute atomic E-state index is 11.8. The molecule has 0 aliphatic carbocycles. The van der Waals surface area contributed by atoms with Gasteiger partial charge in [-0.3, -0.25) is 0 Å². The van der Waals surface area contributed by atoms with Crippen LogP contribution >= 0.6 is 0 Å². The summed E-state index contributed by atoms with van der Waals surface area (Å²) in [4.78, 5) is 0.155. The number of benzene rings is 1. The van der Waals surface area contributed by atoms with Gasteiger partial charge in [-0.05, 0) is 18.6 Å². The summed E-state index contributed by atoms with van der Waals surface area (Å²) in [5, 5.41) is 17.6. The van der Waals surface area contributed by atoms with E-state index in [1.807, 2.05) is 0 Å². The zero-order valence-corrected chi connectivity index (χ0v) is 9.74. The van der Waals surface area contributed by atoms with E-state index in [2.05, 4.69) is 4.72 Å². The Kier molecular flexibility index (Phi) is 4.43. The van der Waals surface area contributed by atoms with Crippen molar-refractivity contribution in [2.45, 2.75) is 17.9 Å². The Bertz CT molecular complexity index is 440. The van der Waals surface area contributed by atoms with Crippen molar-refractivity contribution >= 4 is 10.0 Å². The molecule has 0 unspecified atom stereocenters. The standard InChI is InChI=1S/C10H15NO4S/c1-8-4-2-3-5-10(8)16(14,15)11-9(6-12)7-13/h2-5,9,11-13H,6-7H2,1H3. The number of aliphatic hydroxyl groups is 2. The molecule has 0 fully saturated rings. The maximum Gasteiger partial charge on any atom is 0.241 e. The molecule has 6 heteroatoms. The van der Waals surface area contributed by atoms with Gasteiger partial charge in [0.1, 0.15) is 0 Å². The minimum absolute atomic E-state index is 0.155. The summed E-state index contributed by atoms with van der Waals surface area (Å²) in [6, 6.07) is 5.65. The lowest BCUT2D eigenvalue weighted by atomic mass is 10.2. The predicted molar refractivity (Wildman–Crippen MR) is 59.5 cm³/mol. The molecule has 0 saturated heterocycles. The number of rotatable bonds is 5. The molecule has 0 aromatic heterocycles. The molecule has 1 aromatic carbocycles. The van der Waals surface area contributed by atoms with Crippen LogP contribution in [0.15, 0.2) is 29.2 Å². The summed E-state index contributed by atoms with van der Waals surface area (Å²) in [5.41, 5.74) is 0.615. The fourth-order valence-corrected chi connectivity index (χ4v) is 2.74. The fourth-order valence-electron chi connectivity index (χ4n) is 1.27. The van der Waals surface area contributed by atoms with Gasteiger partial charge in [0.15, 0.2) is 0 Å². The number of nitrogens with one attached hydrogen (secondary N) is 1. The average Bonchev–Trinajstić information content (AvgIpc) is 2.26. The van der Waals surface area contributed by atoms with Gasteiger partial charge in [-0.25, -0.2) is 13.1 Å². The summed E-state index contributed by atoms with van der Waals surface area (Å²) >= 11 is 0. The zero-order valence-electron chi connectivity index (χ0n) is 8.92. The minimum Gasteiger partial charge on any atom is -0.395 e. The molecule has 5 nitrogen and oxygen atoms in total. The van der Waals surface area contributed by atoms with Crippen molar-refractivity contribution in [1.29, 1.82) is 0 Å². The van der Waals surface area contributed by atoms with E-state index in [1.54, 1.807) is 25.1 Å². The average molecular weight is 245 g/mol. The highest BCUT2D eigenvalue weighted by Gasteiger charge is 2.20. The van der Waals surface area contributed by atoms with Crippen LogP contribution in [-0.2, 0) is 10.0 Å². The maximum atomic E-state index is 11.8. The number of aliphatic hydroxyl groups excluding tert-OH is 2. The topological polar surface area (TPSA) is 86.6 Å². The first-order chi connectivity index (χ1) is 7.51. The van der Waals surface area contributed by atoms with Gasteiger partial charge < -0.3 is 10.2 Å². The van der Waals surface area contributed by atoms with Crippen molar-refractivity contribution in [2.75, 3.05) is 13.2 Å². The lowest BCUT2D eigenvalue weighted by Crippen LogP contribution is -2.40. The molecule has 0 heterocycles. The Hall–Kier alpha value is -0.950. The van der Waals surface area contributed by atoms with Gasteiger partial charge in [-0.1, -0.05) is 18.2 Å². The van der Waals surface area contributed by atoms with Crippen LogP contribution in [0.1, 0.15) is 5.56 Å². The number of sulfonamides is 1. The van der Waals surface area contributed by atoms with Gasteiger partial charge >= 0.3 is 0 Å². The smallest absolute Gasteiger partial charge is 0.241 e. The van der Waals surface area contributed by atoms with E-state index in [4.69, 9.17) is 10.2 Å². The minimum atomic E-state index is -3.68. The quantitative estimate of drug-likeness (QED) is 0.660. The van der Waals surface area contributed by atoms with Gasteiger partial charge in [-0.2, -0.15) is 0 Å². The zero-order chi connectivity index (χ0) is 12.2. The van der Waals surface area contributed by atoms with Crippen LogP contribution in [0.3, 0.4) is 0 Å². The molecule has 0 aliphatic rings. The second kappa shape index (κ2) is 5.40. The first kappa shape index (κ1) is 13.1. The third-order valence-electron chi connectivity index (χ3n) is 2.15. The molecule has 1 rings (SSSR count). The molecule has 1 aromatic rings. The summed E-state index contributed by atoms with van der Waals surface area (Å²) in [7, 11) is -3.68. The van der Waals surface area contributed by atoms with Crippen LogP contribution in [0.5, 0.6) is 0 Å². The number of hydrogen-bond acceptors (Lipinski definition) is 4. The Morgan fingerprint density at radius 2 is 1.81 bits per heavy atom. The van der Waals surface area contributed by atoms with Crippen molar-refractivity contribution < 1.29 is 18.6 Å². The van der Waals surface area contributed by atoms with Crippen molar-refractivity contribution in [3.63, 3.8) is 0 Å². The van der Waals surface area contributed by atoms with Crippen molar-refractivity contribution in [2.24, 2.45) is 0 Å². The lowest BCUT2D eigenvalue weighted by Gasteiger charge is -2.14. The van der Waals surface area contributed by atoms with E-state index in [-0.39, 0.29) is 4.90 Å². The molecule has 0 atom stereocenters. The van der Waals surface area contributed by atoms with Crippen LogP contribution in [0.4, 0.5) is 0 Å². The molecule has 0 saturated carbocycles. The van der Waals surface area contributed by atoms with Crippen LogP contribution in [-0.4, -0.2) is 37.9 Å². The van der Waals surface area contributed by atoms with Gasteiger partial charge in [0.05, 0.1) is 24.2 Å². The Balaban J connectivity index is 2.99. The van der Waals surface area contributed by atoms with Crippen LogP contribution in [0, 0.1) is 6.92 Å². The van der Waals surface area contributed by atoms with Crippen LogP contribution < -0.4 is 4.72 Å². The van der Waals surface area contributed by atoms with E-state index in [0.717, 1.165) is 0 Å². The van der Waals surface area contributed by atoms with E-state index in [9.17, 15) is 8.42 Å². The normalized spacial score (nSPS) is 12.0. The molecule has 16 heavy (non-hydrogen) atoms. The molecule has 3 N–H and O–H groups in total. The first-order valence-electron chi connectivity index (χ1n) is 4.81. The van der Waals surface area contributed by atoms with Gasteiger partial charge in [0.25, 0.3) is 0 Å². The lowest BCUT2D eigenvalue weighted by molar-refractivity contribution is 0.185. The molecule has 0 bridgehead atoms. The second-order valence-electron chi connectivity index (χ2n) is 3.45. The van der Waals surface area contributed by atoms with Gasteiger partial charge in [0, 0.05) is 0 Å². The number of aryl methyl sites for hydroxylation is 1. The molecule has 0 amide bonds. The Labute approximate surface area is 94.8 Å². The monoisotopic (exact) mass is 245 g/mol. The predicted octanol–water partition coefficient (Wildman–Crippen LogP) is -0.373. The van der Waals surface area contributed by atoms with Crippen molar-refractivity contribution in [3.8, 4) is 0 Å². The molecular formula is C10H15NO4S. The SMILES string of the molecule is Cc1ccccc1S(=O)(=O)NC(CO)CO. The second-order valence-corrected chi connectivity index (χ2v) is 5.13. The third kappa shape index (κ3) is 3.02. The Morgan fingerprint density at radius 1 is 1.25 bits per heavy atom. The molecule has 0 aliphatic heterocycles. The highest BCUT2D eigenvalue weighted by atomic mass is 32.2. The molecule has 0 radical (unpaired) electrons. The number of hydrogen-bond donors (Lipinski definition) is 3. The highest BCUT2D eigenvalue weighted by Crippen LogP contribution is 2.13. The Morgan fingerprint density at radius 3 is 2.31 bits per heavy atom. The fraction of sp³-hybridized carbons (Fsp3) is 0.400. The van der Waals surface area contributed by atoms with Gasteiger partial charge in [0.2, 0.25) is 10.0 Å². The largest absolute Gasteiger partial charge is 0.395 e. The van der Waals surface area contributed by atoms with E-state index in [1.165, 1.54) is 6.07 Å².